The number of hydrogen-bond donors (Lipinski definition) is 1. The van der Waals surface area contributed by atoms with E-state index in [0.717, 1.165) is 41.5 Å². The SMILES string of the molecule is COc1cccc(NC(=S)N2CCc3cc(OC)c(OC)cc3C2COc2ccc(C(C)C)cc2)c1. The van der Waals surface area contributed by atoms with Crippen molar-refractivity contribution in [3.8, 4) is 23.0 Å². The third-order valence-electron chi connectivity index (χ3n) is 6.54. The van der Waals surface area contributed by atoms with Crippen molar-refractivity contribution in [2.24, 2.45) is 0 Å². The zero-order valence-electron chi connectivity index (χ0n) is 21.5. The molecule has 0 aliphatic carbocycles. The van der Waals surface area contributed by atoms with Crippen LogP contribution in [0.1, 0.15) is 42.5 Å². The Morgan fingerprint density at radius 3 is 2.33 bits per heavy atom. The third-order valence-corrected chi connectivity index (χ3v) is 6.88. The molecule has 3 aromatic rings. The third kappa shape index (κ3) is 5.68. The van der Waals surface area contributed by atoms with Crippen molar-refractivity contribution >= 4 is 23.0 Å². The molecule has 3 aromatic carbocycles. The van der Waals surface area contributed by atoms with Crippen molar-refractivity contribution in [1.82, 2.24) is 4.90 Å². The molecule has 7 heteroatoms. The highest BCUT2D eigenvalue weighted by atomic mass is 32.1. The first-order valence-corrected chi connectivity index (χ1v) is 12.5. The summed E-state index contributed by atoms with van der Waals surface area (Å²) in [6.45, 7) is 5.55. The van der Waals surface area contributed by atoms with E-state index in [1.54, 1.807) is 21.3 Å². The van der Waals surface area contributed by atoms with Gasteiger partial charge in [0.25, 0.3) is 0 Å². The molecule has 4 rings (SSSR count). The van der Waals surface area contributed by atoms with Crippen LogP contribution < -0.4 is 24.3 Å². The molecule has 1 aliphatic heterocycles. The second kappa shape index (κ2) is 11.5. The second-order valence-corrected chi connectivity index (χ2v) is 9.45. The first kappa shape index (κ1) is 25.6. The van der Waals surface area contributed by atoms with Gasteiger partial charge in [0.15, 0.2) is 16.6 Å². The van der Waals surface area contributed by atoms with E-state index in [1.807, 2.05) is 42.5 Å². The number of nitrogens with zero attached hydrogens (tertiary/aromatic N) is 1. The summed E-state index contributed by atoms with van der Waals surface area (Å²) >= 11 is 5.89. The van der Waals surface area contributed by atoms with Gasteiger partial charge in [0.2, 0.25) is 0 Å². The number of thiocarbonyl (C=S) groups is 1. The van der Waals surface area contributed by atoms with Crippen molar-refractivity contribution in [1.29, 1.82) is 0 Å². The van der Waals surface area contributed by atoms with Crippen LogP contribution in [0.15, 0.2) is 60.7 Å². The Labute approximate surface area is 219 Å². The van der Waals surface area contributed by atoms with Crippen molar-refractivity contribution < 1.29 is 18.9 Å². The molecule has 1 N–H and O–H groups in total. The lowest BCUT2D eigenvalue weighted by Gasteiger charge is -2.39. The minimum absolute atomic E-state index is 0.107. The number of nitrogens with one attached hydrogen (secondary N) is 1. The van der Waals surface area contributed by atoms with Gasteiger partial charge in [0, 0.05) is 18.3 Å². The van der Waals surface area contributed by atoms with E-state index in [-0.39, 0.29) is 6.04 Å². The number of methoxy groups -OCH3 is 3. The molecular weight excluding hydrogens is 472 g/mol. The average Bonchev–Trinajstić information content (AvgIpc) is 2.90. The number of hydrogen-bond acceptors (Lipinski definition) is 5. The van der Waals surface area contributed by atoms with Crippen molar-refractivity contribution in [3.05, 3.63) is 77.4 Å². The Hall–Kier alpha value is -3.45. The highest BCUT2D eigenvalue weighted by Crippen LogP contribution is 2.39. The summed E-state index contributed by atoms with van der Waals surface area (Å²) in [6, 6.07) is 20.1. The molecule has 0 saturated heterocycles. The van der Waals surface area contributed by atoms with Crippen LogP contribution in [-0.4, -0.2) is 44.5 Å². The van der Waals surface area contributed by atoms with Crippen LogP contribution in [0, 0.1) is 0 Å². The van der Waals surface area contributed by atoms with Gasteiger partial charge in [0.05, 0.1) is 27.4 Å². The number of fused-ring (bicyclic) bond motifs is 1. The molecule has 0 spiro atoms. The number of benzene rings is 3. The minimum Gasteiger partial charge on any atom is -0.497 e. The van der Waals surface area contributed by atoms with Gasteiger partial charge in [-0.25, -0.2) is 0 Å². The smallest absolute Gasteiger partial charge is 0.174 e. The maximum Gasteiger partial charge on any atom is 0.174 e. The first-order valence-electron chi connectivity index (χ1n) is 12.1. The van der Waals surface area contributed by atoms with E-state index in [9.17, 15) is 0 Å². The quantitative estimate of drug-likeness (QED) is 0.365. The molecule has 1 aliphatic rings. The summed E-state index contributed by atoms with van der Waals surface area (Å²) in [5.74, 6) is 3.50. The highest BCUT2D eigenvalue weighted by molar-refractivity contribution is 7.80. The average molecular weight is 507 g/mol. The van der Waals surface area contributed by atoms with Crippen molar-refractivity contribution in [2.75, 3.05) is 39.8 Å². The minimum atomic E-state index is -0.107. The van der Waals surface area contributed by atoms with Crippen LogP contribution in [0.3, 0.4) is 0 Å². The van der Waals surface area contributed by atoms with E-state index >= 15 is 0 Å². The number of ether oxygens (including phenoxy) is 4. The Morgan fingerprint density at radius 2 is 1.67 bits per heavy atom. The first-order chi connectivity index (χ1) is 17.4. The summed E-state index contributed by atoms with van der Waals surface area (Å²) in [5, 5.41) is 4.01. The van der Waals surface area contributed by atoms with Crippen LogP contribution in [0.2, 0.25) is 0 Å². The predicted octanol–water partition coefficient (Wildman–Crippen LogP) is 6.21. The summed E-state index contributed by atoms with van der Waals surface area (Å²) in [5.41, 5.74) is 4.48. The molecule has 0 saturated carbocycles. The van der Waals surface area contributed by atoms with Crippen LogP contribution in [0.5, 0.6) is 23.0 Å². The van der Waals surface area contributed by atoms with Crippen molar-refractivity contribution in [3.63, 3.8) is 0 Å². The van der Waals surface area contributed by atoms with Gasteiger partial charge in [-0.1, -0.05) is 32.0 Å². The summed E-state index contributed by atoms with van der Waals surface area (Å²) in [7, 11) is 4.97. The van der Waals surface area contributed by atoms with E-state index in [2.05, 4.69) is 42.3 Å². The van der Waals surface area contributed by atoms with E-state index < -0.39 is 0 Å². The molecular formula is C29H34N2O4S. The molecule has 0 fully saturated rings. The zero-order chi connectivity index (χ0) is 25.7. The largest absolute Gasteiger partial charge is 0.497 e. The summed E-state index contributed by atoms with van der Waals surface area (Å²) < 4.78 is 22.8. The Bertz CT molecular complexity index is 1200. The summed E-state index contributed by atoms with van der Waals surface area (Å²) in [4.78, 5) is 2.19. The fourth-order valence-corrected chi connectivity index (χ4v) is 4.81. The second-order valence-electron chi connectivity index (χ2n) is 9.06. The van der Waals surface area contributed by atoms with Crippen molar-refractivity contribution in [2.45, 2.75) is 32.2 Å². The molecule has 0 bridgehead atoms. The fourth-order valence-electron chi connectivity index (χ4n) is 4.47. The topological polar surface area (TPSA) is 52.2 Å². The molecule has 0 aromatic heterocycles. The fraction of sp³-hybridized carbons (Fsp3) is 0.345. The summed E-state index contributed by atoms with van der Waals surface area (Å²) in [6.07, 6.45) is 0.829. The van der Waals surface area contributed by atoms with Gasteiger partial charge in [-0.3, -0.25) is 0 Å². The maximum absolute atomic E-state index is 6.31. The normalized spacial score (nSPS) is 14.7. The van der Waals surface area contributed by atoms with E-state index in [4.69, 9.17) is 31.2 Å². The van der Waals surface area contributed by atoms with E-state index in [0.29, 0.717) is 23.4 Å². The molecule has 0 amide bonds. The molecule has 190 valence electrons. The van der Waals surface area contributed by atoms with Gasteiger partial charge in [-0.2, -0.15) is 0 Å². The van der Waals surface area contributed by atoms with Gasteiger partial charge in [0.1, 0.15) is 18.1 Å². The molecule has 1 atom stereocenters. The molecule has 36 heavy (non-hydrogen) atoms. The maximum atomic E-state index is 6.31. The Kier molecular flexibility index (Phi) is 8.21. The van der Waals surface area contributed by atoms with Crippen LogP contribution in [-0.2, 0) is 6.42 Å². The molecule has 6 nitrogen and oxygen atoms in total. The van der Waals surface area contributed by atoms with E-state index in [1.165, 1.54) is 11.1 Å². The van der Waals surface area contributed by atoms with Gasteiger partial charge < -0.3 is 29.2 Å². The van der Waals surface area contributed by atoms with Crippen LogP contribution in [0.25, 0.3) is 0 Å². The van der Waals surface area contributed by atoms with Gasteiger partial charge in [-0.15, -0.1) is 0 Å². The highest BCUT2D eigenvalue weighted by Gasteiger charge is 2.31. The Balaban J connectivity index is 1.62. The number of anilines is 1. The monoisotopic (exact) mass is 506 g/mol. The Morgan fingerprint density at radius 1 is 0.944 bits per heavy atom. The van der Waals surface area contributed by atoms with Gasteiger partial charge in [-0.05, 0) is 77.6 Å². The molecule has 0 radical (unpaired) electrons. The van der Waals surface area contributed by atoms with Crippen LogP contribution in [0.4, 0.5) is 5.69 Å². The molecule has 1 heterocycles. The molecule has 1 unspecified atom stereocenters. The lowest BCUT2D eigenvalue weighted by molar-refractivity contribution is 0.190. The predicted molar refractivity (Wildman–Crippen MR) is 148 cm³/mol. The lowest BCUT2D eigenvalue weighted by Crippen LogP contribution is -2.44. The lowest BCUT2D eigenvalue weighted by atomic mass is 9.92. The number of rotatable bonds is 8. The van der Waals surface area contributed by atoms with Gasteiger partial charge >= 0.3 is 0 Å². The zero-order valence-corrected chi connectivity index (χ0v) is 22.4. The van der Waals surface area contributed by atoms with Crippen LogP contribution >= 0.6 is 12.2 Å². The standard InChI is InChI=1S/C29H34N2O4S/c1-19(2)20-9-11-23(12-10-20)35-18-26-25-17-28(34-5)27(33-4)15-21(25)13-14-31(26)29(36)30-22-7-6-8-24(16-22)32-3/h6-12,15-17,19,26H,13-14,18H2,1-5H3,(H,30,36).